The van der Waals surface area contributed by atoms with E-state index in [4.69, 9.17) is 4.21 Å². The summed E-state index contributed by atoms with van der Waals surface area (Å²) in [6.45, 7) is 14.2. The Morgan fingerprint density at radius 2 is 1.22 bits per heavy atom. The minimum atomic E-state index is -4.35. The van der Waals surface area contributed by atoms with Crippen molar-refractivity contribution in [1.82, 2.24) is 0 Å². The first-order valence-electron chi connectivity index (χ1n) is 15.2. The molecule has 0 bridgehead atoms. The Bertz CT molecular complexity index is 1490. The van der Waals surface area contributed by atoms with Crippen molar-refractivity contribution in [2.45, 2.75) is 91.7 Å². The van der Waals surface area contributed by atoms with Gasteiger partial charge in [-0.05, 0) is 0 Å². The van der Waals surface area contributed by atoms with E-state index in [1.807, 2.05) is 0 Å². The van der Waals surface area contributed by atoms with E-state index >= 15 is 0 Å². The van der Waals surface area contributed by atoms with Crippen LogP contribution in [0.2, 0.25) is 3.63 Å². The average Bonchev–Trinajstić information content (AvgIpc) is 3.68. The first-order valence-corrected chi connectivity index (χ1v) is 22.2. The van der Waals surface area contributed by atoms with E-state index in [1.165, 1.54) is 47.9 Å². The van der Waals surface area contributed by atoms with Gasteiger partial charge in [-0.1, -0.05) is 0 Å². The summed E-state index contributed by atoms with van der Waals surface area (Å²) in [5.41, 5.74) is 9.12. The van der Waals surface area contributed by atoms with Gasteiger partial charge in [-0.3, -0.25) is 0 Å². The molecule has 3 aliphatic carbocycles. The fraction of sp³-hybridized carbons (Fsp3) is 0.395. The number of hydrogen-bond acceptors (Lipinski definition) is 0. The Hall–Kier alpha value is -1.53. The number of fused-ring (bicyclic) bond motifs is 3. The van der Waals surface area contributed by atoms with E-state index in [0.29, 0.717) is 7.25 Å². The standard InChI is InChI=1S/C21H25.C6H5.C5H9.C5H5.CH2.2ClH.Zr/c1-20(2,3)16-7-9-18-14(12-16)11-15-13-17(21(4,5)6)8-10-19(15)18;1-2-4-6-5-3-1;2*1-2-4-5-3-1;;;;/h7-13H,1-6H3;1-5H;1H,2-5H2;1-3H,4H2;1H2;2*1H;. The van der Waals surface area contributed by atoms with Crippen molar-refractivity contribution >= 4 is 32.3 Å². The van der Waals surface area contributed by atoms with Crippen molar-refractivity contribution in [3.05, 3.63) is 110 Å². The van der Waals surface area contributed by atoms with Crippen molar-refractivity contribution in [3.63, 3.8) is 0 Å². The van der Waals surface area contributed by atoms with Gasteiger partial charge in [0.1, 0.15) is 0 Å². The SMILES string of the molecule is Cl.Cl.[CH2]=[Zr]([C]1=CC=CC1)([c]1ccccc1)([CH]1CCCC1)[CH]1c2cc(C(C)(C)C)ccc2-c2ccc(C(C)(C)C)cc21. The predicted octanol–water partition coefficient (Wildman–Crippen LogP) is 10.8. The zero-order valence-electron chi connectivity index (χ0n) is 25.8. The number of halogens is 2. The van der Waals surface area contributed by atoms with Crippen LogP contribution in [0.1, 0.15) is 99.5 Å². The molecule has 0 aliphatic heterocycles. The van der Waals surface area contributed by atoms with Gasteiger partial charge in [0.2, 0.25) is 0 Å². The topological polar surface area (TPSA) is 0 Å². The van der Waals surface area contributed by atoms with Gasteiger partial charge in [-0.25, -0.2) is 0 Å². The summed E-state index contributed by atoms with van der Waals surface area (Å²) in [6.07, 6.45) is 13.6. The Kier molecular flexibility index (Phi) is 8.84. The van der Waals surface area contributed by atoms with Crippen LogP contribution in [0.25, 0.3) is 11.1 Å². The van der Waals surface area contributed by atoms with Gasteiger partial charge in [-0.2, -0.15) is 0 Å². The summed E-state index contributed by atoms with van der Waals surface area (Å²) in [5.74, 6) is 0. The molecule has 3 aromatic rings. The van der Waals surface area contributed by atoms with Crippen molar-refractivity contribution in [2.75, 3.05) is 0 Å². The fourth-order valence-corrected chi connectivity index (χ4v) is 28.7. The first kappa shape index (κ1) is 32.4. The van der Waals surface area contributed by atoms with Crippen LogP contribution in [0.4, 0.5) is 0 Å². The Morgan fingerprint density at radius 1 is 0.707 bits per heavy atom. The molecule has 1 saturated carbocycles. The minimum absolute atomic E-state index is 0. The first-order chi connectivity index (χ1) is 18.4. The molecule has 0 amide bonds. The third-order valence-corrected chi connectivity index (χ3v) is 30.3. The fourth-order valence-electron chi connectivity index (χ4n) is 8.48. The molecular formula is C38H48Cl2Zr. The summed E-state index contributed by atoms with van der Waals surface area (Å²) in [7, 11) is 0. The third-order valence-electron chi connectivity index (χ3n) is 10.7. The molecule has 0 unspecified atom stereocenters. The van der Waals surface area contributed by atoms with E-state index in [0.717, 1.165) is 6.42 Å². The second-order valence-corrected chi connectivity index (χ2v) is 29.3. The Balaban J connectivity index is 0.00000194. The zero-order valence-corrected chi connectivity index (χ0v) is 29.9. The molecule has 0 heterocycles. The van der Waals surface area contributed by atoms with E-state index in [9.17, 15) is 0 Å². The quantitative estimate of drug-likeness (QED) is 0.260. The van der Waals surface area contributed by atoms with E-state index in [1.54, 1.807) is 17.7 Å². The third kappa shape index (κ3) is 4.87. The van der Waals surface area contributed by atoms with E-state index in [2.05, 4.69) is 127 Å². The summed E-state index contributed by atoms with van der Waals surface area (Å²) in [5, 5.41) is 0. The Labute approximate surface area is 262 Å². The zero-order chi connectivity index (χ0) is 27.7. The maximum absolute atomic E-state index is 5.80. The molecular weight excluding hydrogens is 619 g/mol. The van der Waals surface area contributed by atoms with Gasteiger partial charge in [0.05, 0.1) is 0 Å². The van der Waals surface area contributed by atoms with Gasteiger partial charge < -0.3 is 0 Å². The maximum atomic E-state index is 5.80. The van der Waals surface area contributed by atoms with Crippen molar-refractivity contribution in [1.29, 1.82) is 0 Å². The second kappa shape index (κ2) is 11.2. The van der Waals surface area contributed by atoms with Crippen molar-refractivity contribution in [3.8, 4) is 11.1 Å². The second-order valence-electron chi connectivity index (χ2n) is 14.8. The van der Waals surface area contributed by atoms with Crippen LogP contribution in [0.3, 0.4) is 0 Å². The van der Waals surface area contributed by atoms with E-state index < -0.39 is 18.3 Å². The summed E-state index contributed by atoms with van der Waals surface area (Å²) < 4.78 is 10.1. The van der Waals surface area contributed by atoms with Gasteiger partial charge in [0.25, 0.3) is 0 Å². The summed E-state index contributed by atoms with van der Waals surface area (Å²) in [6, 6.07) is 26.6. The molecule has 0 radical (unpaired) electrons. The molecule has 1 fully saturated rings. The average molecular weight is 667 g/mol. The number of benzene rings is 3. The molecule has 0 nitrogen and oxygen atoms in total. The van der Waals surface area contributed by atoms with Crippen LogP contribution in [-0.2, 0) is 29.1 Å². The van der Waals surface area contributed by atoms with Crippen LogP contribution >= 0.6 is 24.8 Å². The van der Waals surface area contributed by atoms with Crippen molar-refractivity contribution in [2.24, 2.45) is 0 Å². The van der Waals surface area contributed by atoms with Gasteiger partial charge in [-0.15, -0.1) is 24.8 Å². The molecule has 6 rings (SSSR count). The van der Waals surface area contributed by atoms with Crippen LogP contribution in [0, 0.1) is 0 Å². The van der Waals surface area contributed by atoms with Crippen LogP contribution < -0.4 is 3.27 Å². The molecule has 3 heteroatoms. The van der Waals surface area contributed by atoms with E-state index in [-0.39, 0.29) is 35.6 Å². The summed E-state index contributed by atoms with van der Waals surface area (Å²) in [4.78, 5) is 0. The summed E-state index contributed by atoms with van der Waals surface area (Å²) >= 11 is -4.35. The number of allylic oxidation sites excluding steroid dienone is 4. The van der Waals surface area contributed by atoms with Crippen LogP contribution in [0.15, 0.2) is 88.2 Å². The van der Waals surface area contributed by atoms with Gasteiger partial charge in [0, 0.05) is 0 Å². The normalized spacial score (nSPS) is 17.5. The predicted molar refractivity (Wildman–Crippen MR) is 183 cm³/mol. The number of hydrogen-bond donors (Lipinski definition) is 0. The van der Waals surface area contributed by atoms with Crippen molar-refractivity contribution < 1.29 is 18.3 Å². The van der Waals surface area contributed by atoms with Crippen LogP contribution in [-0.4, -0.2) is 4.21 Å². The van der Waals surface area contributed by atoms with Gasteiger partial charge >= 0.3 is 239 Å². The van der Waals surface area contributed by atoms with Crippen LogP contribution in [0.5, 0.6) is 0 Å². The molecule has 0 saturated heterocycles. The monoisotopic (exact) mass is 664 g/mol. The Morgan fingerprint density at radius 3 is 1.66 bits per heavy atom. The number of rotatable bonds is 4. The molecule has 3 aromatic carbocycles. The molecule has 0 N–H and O–H groups in total. The molecule has 0 atom stereocenters. The van der Waals surface area contributed by atoms with Gasteiger partial charge in [0.15, 0.2) is 0 Å². The molecule has 0 aromatic heterocycles. The molecule has 41 heavy (non-hydrogen) atoms. The molecule has 3 aliphatic rings. The molecule has 0 spiro atoms. The molecule has 218 valence electrons.